The van der Waals surface area contributed by atoms with Crippen molar-refractivity contribution in [2.24, 2.45) is 0 Å². The molecule has 3 aromatic heterocycles. The summed E-state index contributed by atoms with van der Waals surface area (Å²) in [5.41, 5.74) is 4.37. The van der Waals surface area contributed by atoms with Gasteiger partial charge >= 0.3 is 0 Å². The Hall–Kier alpha value is -3.43. The van der Waals surface area contributed by atoms with Crippen molar-refractivity contribution in [3.63, 3.8) is 0 Å². The molecule has 9 nitrogen and oxygen atoms in total. The number of para-hydroxylation sites is 2. The molecule has 0 radical (unpaired) electrons. The maximum absolute atomic E-state index is 13.1. The normalized spacial score (nSPS) is 17.4. The molecule has 0 bridgehead atoms. The van der Waals surface area contributed by atoms with E-state index in [2.05, 4.69) is 27.9 Å². The number of benzene rings is 1. The summed E-state index contributed by atoms with van der Waals surface area (Å²) >= 11 is 0. The van der Waals surface area contributed by atoms with Crippen LogP contribution in [0.15, 0.2) is 36.4 Å². The molecule has 2 aliphatic rings. The molecule has 0 atom stereocenters. The predicted molar refractivity (Wildman–Crippen MR) is 125 cm³/mol. The topological polar surface area (TPSA) is 95.8 Å². The van der Waals surface area contributed by atoms with E-state index in [4.69, 9.17) is 14.7 Å². The fourth-order valence-electron chi connectivity index (χ4n) is 4.56. The van der Waals surface area contributed by atoms with Gasteiger partial charge in [-0.25, -0.2) is 9.97 Å². The van der Waals surface area contributed by atoms with Crippen LogP contribution in [0.3, 0.4) is 0 Å². The molecule has 164 valence electrons. The van der Waals surface area contributed by atoms with E-state index in [0.717, 1.165) is 46.7 Å². The van der Waals surface area contributed by atoms with Gasteiger partial charge in [0, 0.05) is 25.5 Å². The molecular weight excluding hydrogens is 406 g/mol. The van der Waals surface area contributed by atoms with E-state index >= 15 is 0 Å². The summed E-state index contributed by atoms with van der Waals surface area (Å²) in [5.74, 6) is 0.634. The molecule has 0 aliphatic carbocycles. The Kier molecular flexibility index (Phi) is 4.41. The van der Waals surface area contributed by atoms with Gasteiger partial charge in [-0.2, -0.15) is 0 Å². The average molecular weight is 432 g/mol. The van der Waals surface area contributed by atoms with Crippen molar-refractivity contribution in [1.82, 2.24) is 24.6 Å². The summed E-state index contributed by atoms with van der Waals surface area (Å²) < 4.78 is 7.35. The van der Waals surface area contributed by atoms with Gasteiger partial charge in [0.1, 0.15) is 11.4 Å². The number of imidazole rings is 1. The predicted octanol–water partition coefficient (Wildman–Crippen LogP) is 1.93. The summed E-state index contributed by atoms with van der Waals surface area (Å²) in [5, 5.41) is 10.7. The Morgan fingerprint density at radius 2 is 1.84 bits per heavy atom. The number of fused-ring (bicyclic) bond motifs is 5. The molecule has 0 spiro atoms. The molecule has 32 heavy (non-hydrogen) atoms. The summed E-state index contributed by atoms with van der Waals surface area (Å²) in [6, 6.07) is 12.5. The largest absolute Gasteiger partial charge is 0.377 e. The summed E-state index contributed by atoms with van der Waals surface area (Å²) in [6.45, 7) is 3.21. The lowest BCUT2D eigenvalue weighted by Crippen LogP contribution is -2.52. The molecule has 2 fully saturated rings. The second kappa shape index (κ2) is 7.32. The Morgan fingerprint density at radius 3 is 2.56 bits per heavy atom. The molecule has 4 aromatic rings. The number of anilines is 2. The number of pyridine rings is 2. The van der Waals surface area contributed by atoms with Crippen LogP contribution < -0.4 is 16.0 Å². The van der Waals surface area contributed by atoms with Crippen molar-refractivity contribution in [1.29, 1.82) is 0 Å². The second-order valence-electron chi connectivity index (χ2n) is 8.60. The number of nitrogens with one attached hydrogen (secondary N) is 3. The fraction of sp³-hybridized carbons (Fsp3) is 0.348. The molecule has 9 heteroatoms. The minimum Gasteiger partial charge on any atom is -0.377 e. The van der Waals surface area contributed by atoms with Gasteiger partial charge in [-0.1, -0.05) is 12.1 Å². The Labute approximate surface area is 184 Å². The smallest absolute Gasteiger partial charge is 0.256 e. The lowest BCUT2D eigenvalue weighted by atomic mass is 10.1. The van der Waals surface area contributed by atoms with Crippen LogP contribution in [0.4, 0.5) is 11.5 Å². The van der Waals surface area contributed by atoms with Crippen LogP contribution >= 0.6 is 0 Å². The van der Waals surface area contributed by atoms with Crippen LogP contribution in [0, 0.1) is 0 Å². The highest BCUT2D eigenvalue weighted by Gasteiger charge is 2.28. The molecule has 2 aliphatic heterocycles. The van der Waals surface area contributed by atoms with Gasteiger partial charge in [0.15, 0.2) is 11.3 Å². The van der Waals surface area contributed by atoms with E-state index in [-0.39, 0.29) is 11.9 Å². The zero-order chi connectivity index (χ0) is 21.8. The Morgan fingerprint density at radius 1 is 1.03 bits per heavy atom. The highest BCUT2D eigenvalue weighted by molar-refractivity contribution is 6.13. The molecule has 3 N–H and O–H groups in total. The summed E-state index contributed by atoms with van der Waals surface area (Å²) in [4.78, 5) is 25.2. The number of rotatable bonds is 5. The first-order valence-electron chi connectivity index (χ1n) is 10.9. The van der Waals surface area contributed by atoms with Gasteiger partial charge in [-0.05, 0) is 31.3 Å². The number of likely N-dealkylation sites (N-methyl/N-ethyl adjacent to an activating group) is 1. The lowest BCUT2D eigenvalue weighted by molar-refractivity contribution is 0.0211. The van der Waals surface area contributed by atoms with Crippen LogP contribution in [0.5, 0.6) is 0 Å². The zero-order valence-corrected chi connectivity index (χ0v) is 18.1. The molecule has 1 amide bonds. The van der Waals surface area contributed by atoms with Crippen molar-refractivity contribution in [2.45, 2.75) is 12.1 Å². The highest BCUT2D eigenvalue weighted by atomic mass is 16.5. The first-order valence-corrected chi connectivity index (χ1v) is 10.9. The standard InChI is InChI=1S/C23H25N7O2/c1-24-23(31)19-20(26-14-11-32-12-14)15-7-8-18(25-13-9-29(2)10-13)28-21(15)30-17-6-4-3-5-16(17)27-22(19)30/h3-8,13-14,26H,9-12H2,1-2H3,(H,24,31)(H,25,28). The highest BCUT2D eigenvalue weighted by Crippen LogP contribution is 2.35. The quantitative estimate of drug-likeness (QED) is 0.444. The van der Waals surface area contributed by atoms with Crippen LogP contribution in [-0.4, -0.2) is 77.7 Å². The van der Waals surface area contributed by atoms with Crippen LogP contribution in [0.2, 0.25) is 0 Å². The molecule has 5 heterocycles. The van der Waals surface area contributed by atoms with Gasteiger partial charge in [0.2, 0.25) is 0 Å². The molecule has 1 aromatic carbocycles. The SMILES string of the molecule is CNC(=O)c1c(NC2COC2)c2ccc(NC3CN(C)C3)nc2n2c1nc1ccccc12. The van der Waals surface area contributed by atoms with Gasteiger partial charge < -0.3 is 25.6 Å². The Bertz CT molecular complexity index is 1360. The van der Waals surface area contributed by atoms with Crippen molar-refractivity contribution in [3.8, 4) is 0 Å². The van der Waals surface area contributed by atoms with E-state index in [1.54, 1.807) is 7.05 Å². The number of aromatic nitrogens is 3. The van der Waals surface area contributed by atoms with Crippen molar-refractivity contribution in [2.75, 3.05) is 51.0 Å². The van der Waals surface area contributed by atoms with Crippen molar-refractivity contribution >= 4 is 45.1 Å². The van der Waals surface area contributed by atoms with Crippen LogP contribution in [0.1, 0.15) is 10.4 Å². The third kappa shape index (κ3) is 2.96. The number of hydrogen-bond acceptors (Lipinski definition) is 7. The first kappa shape index (κ1) is 19.3. The number of carbonyl (C=O) groups is 1. The third-order valence-electron chi connectivity index (χ3n) is 6.25. The fourth-order valence-corrected chi connectivity index (χ4v) is 4.56. The third-order valence-corrected chi connectivity index (χ3v) is 6.25. The molecule has 0 unspecified atom stereocenters. The monoisotopic (exact) mass is 431 g/mol. The number of carbonyl (C=O) groups excluding carboxylic acids is 1. The zero-order valence-electron chi connectivity index (χ0n) is 18.1. The first-order chi connectivity index (χ1) is 15.6. The maximum atomic E-state index is 13.1. The number of ether oxygens (including phenoxy) is 1. The number of likely N-dealkylation sites (tertiary alicyclic amines) is 1. The van der Waals surface area contributed by atoms with E-state index in [1.807, 2.05) is 40.8 Å². The minimum absolute atomic E-state index is 0.150. The molecule has 0 saturated carbocycles. The summed E-state index contributed by atoms with van der Waals surface area (Å²) in [6.07, 6.45) is 0. The van der Waals surface area contributed by atoms with Crippen LogP contribution in [-0.2, 0) is 4.74 Å². The van der Waals surface area contributed by atoms with Gasteiger partial charge in [0.25, 0.3) is 5.91 Å². The second-order valence-corrected chi connectivity index (χ2v) is 8.60. The van der Waals surface area contributed by atoms with Crippen molar-refractivity contribution in [3.05, 3.63) is 42.0 Å². The summed E-state index contributed by atoms with van der Waals surface area (Å²) in [7, 11) is 3.75. The van der Waals surface area contributed by atoms with E-state index in [0.29, 0.717) is 30.5 Å². The molecule has 6 rings (SSSR count). The van der Waals surface area contributed by atoms with Crippen molar-refractivity contribution < 1.29 is 9.53 Å². The lowest BCUT2D eigenvalue weighted by Gasteiger charge is -2.36. The molecule has 2 saturated heterocycles. The number of amides is 1. The number of hydrogen-bond donors (Lipinski definition) is 3. The van der Waals surface area contributed by atoms with E-state index in [1.165, 1.54) is 0 Å². The van der Waals surface area contributed by atoms with E-state index < -0.39 is 0 Å². The van der Waals surface area contributed by atoms with E-state index in [9.17, 15) is 4.79 Å². The van der Waals surface area contributed by atoms with Gasteiger partial charge in [0.05, 0.1) is 42.0 Å². The molecular formula is C23H25N7O2. The van der Waals surface area contributed by atoms with Gasteiger partial charge in [-0.15, -0.1) is 0 Å². The minimum atomic E-state index is -0.186. The maximum Gasteiger partial charge on any atom is 0.256 e. The Balaban J connectivity index is 1.63. The van der Waals surface area contributed by atoms with Gasteiger partial charge in [-0.3, -0.25) is 9.20 Å². The average Bonchev–Trinajstić information content (AvgIpc) is 3.13. The van der Waals surface area contributed by atoms with Crippen LogP contribution in [0.25, 0.3) is 27.7 Å². The number of nitrogens with zero attached hydrogens (tertiary/aromatic N) is 4.